The summed E-state index contributed by atoms with van der Waals surface area (Å²) >= 11 is 0. The van der Waals surface area contributed by atoms with Gasteiger partial charge in [-0.1, -0.05) is 78.9 Å². The Bertz CT molecular complexity index is 1200. The van der Waals surface area contributed by atoms with Crippen LogP contribution in [0.25, 0.3) is 11.3 Å². The average Bonchev–Trinajstić information content (AvgIpc) is 2.95. The van der Waals surface area contributed by atoms with Gasteiger partial charge in [-0.15, -0.1) is 0 Å². The lowest BCUT2D eigenvalue weighted by Gasteiger charge is -2.41. The number of allylic oxidation sites excluding steroid dienone is 2. The van der Waals surface area contributed by atoms with Crippen molar-refractivity contribution in [1.82, 2.24) is 0 Å². The van der Waals surface area contributed by atoms with Gasteiger partial charge in [0.15, 0.2) is 0 Å². The maximum absolute atomic E-state index is 3.70. The van der Waals surface area contributed by atoms with E-state index >= 15 is 0 Å². The van der Waals surface area contributed by atoms with Crippen LogP contribution in [0.2, 0.25) is 0 Å². The summed E-state index contributed by atoms with van der Waals surface area (Å²) in [6.07, 6.45) is 9.11. The third-order valence-electron chi connectivity index (χ3n) is 6.43. The maximum Gasteiger partial charge on any atom is 0.0712 e. The molecule has 2 aliphatic heterocycles. The highest BCUT2D eigenvalue weighted by Gasteiger charge is 2.50. The fourth-order valence-corrected chi connectivity index (χ4v) is 5.15. The minimum Gasteiger partial charge on any atom is -0.354 e. The SMILES string of the molecule is CC12C=CC=CC1C1=C(c3ccccc3Nc3ccccc31)N2c1ccccc1. The minimum atomic E-state index is -0.154. The Kier molecular flexibility index (Phi) is 3.39. The molecule has 2 nitrogen and oxygen atoms in total. The first-order valence-corrected chi connectivity index (χ1v) is 10.2. The van der Waals surface area contributed by atoms with Crippen LogP contribution in [0.4, 0.5) is 17.1 Å². The van der Waals surface area contributed by atoms with Crippen LogP contribution in [0.1, 0.15) is 18.1 Å². The molecule has 0 saturated heterocycles. The Labute approximate surface area is 171 Å². The molecule has 0 spiro atoms. The highest BCUT2D eigenvalue weighted by molar-refractivity contribution is 6.10. The van der Waals surface area contributed by atoms with E-state index < -0.39 is 0 Å². The lowest BCUT2D eigenvalue weighted by molar-refractivity contribution is 0.518. The van der Waals surface area contributed by atoms with Crippen LogP contribution in [0.15, 0.2) is 103 Å². The van der Waals surface area contributed by atoms with E-state index in [0.717, 1.165) is 5.69 Å². The molecule has 3 aliphatic rings. The summed E-state index contributed by atoms with van der Waals surface area (Å²) in [4.78, 5) is 2.54. The third kappa shape index (κ3) is 2.23. The van der Waals surface area contributed by atoms with Crippen molar-refractivity contribution in [3.8, 4) is 0 Å². The lowest BCUT2D eigenvalue weighted by Crippen LogP contribution is -2.45. The van der Waals surface area contributed by atoms with E-state index in [2.05, 4.69) is 120 Å². The summed E-state index contributed by atoms with van der Waals surface area (Å²) in [5.74, 6) is 0.275. The standard InChI is InChI=1S/C27H22N2/c1-27-18-10-9-15-22(27)25-20-13-5-7-16-23(20)28-24-17-8-6-14-21(24)26(25)29(27)19-11-3-2-4-12-19/h2-18,22,28H,1H3. The van der Waals surface area contributed by atoms with Crippen LogP contribution < -0.4 is 10.2 Å². The highest BCUT2D eigenvalue weighted by atomic mass is 15.2. The fraction of sp³-hybridized carbons (Fsp3) is 0.111. The summed E-state index contributed by atoms with van der Waals surface area (Å²) in [6.45, 7) is 2.36. The van der Waals surface area contributed by atoms with Crippen LogP contribution in [-0.2, 0) is 0 Å². The van der Waals surface area contributed by atoms with Crippen LogP contribution >= 0.6 is 0 Å². The van der Waals surface area contributed by atoms with Gasteiger partial charge < -0.3 is 10.2 Å². The van der Waals surface area contributed by atoms with Gasteiger partial charge in [0.1, 0.15) is 0 Å². The van der Waals surface area contributed by atoms with E-state index in [0.29, 0.717) is 0 Å². The molecule has 140 valence electrons. The number of nitrogens with zero attached hydrogens (tertiary/aromatic N) is 1. The van der Waals surface area contributed by atoms with Gasteiger partial charge in [-0.3, -0.25) is 0 Å². The van der Waals surface area contributed by atoms with Crippen LogP contribution in [0.3, 0.4) is 0 Å². The Balaban J connectivity index is 1.74. The molecule has 2 atom stereocenters. The zero-order chi connectivity index (χ0) is 19.4. The molecule has 1 aliphatic carbocycles. The summed E-state index contributed by atoms with van der Waals surface area (Å²) in [5.41, 5.74) is 8.62. The molecule has 0 saturated carbocycles. The Hall–Kier alpha value is -3.52. The van der Waals surface area contributed by atoms with E-state index in [1.807, 2.05) is 0 Å². The first-order valence-electron chi connectivity index (χ1n) is 10.2. The van der Waals surface area contributed by atoms with Gasteiger partial charge in [0.2, 0.25) is 0 Å². The van der Waals surface area contributed by atoms with Gasteiger partial charge >= 0.3 is 0 Å². The van der Waals surface area contributed by atoms with E-state index in [-0.39, 0.29) is 11.5 Å². The maximum atomic E-state index is 3.70. The number of benzene rings is 3. The molecule has 0 radical (unpaired) electrons. The Morgan fingerprint density at radius 2 is 1.41 bits per heavy atom. The van der Waals surface area contributed by atoms with Crippen molar-refractivity contribution in [1.29, 1.82) is 0 Å². The number of anilines is 3. The monoisotopic (exact) mass is 374 g/mol. The second-order valence-electron chi connectivity index (χ2n) is 8.10. The quantitative estimate of drug-likeness (QED) is 0.514. The predicted molar refractivity (Wildman–Crippen MR) is 122 cm³/mol. The van der Waals surface area contributed by atoms with Gasteiger partial charge in [0, 0.05) is 34.1 Å². The van der Waals surface area contributed by atoms with Gasteiger partial charge in [0.05, 0.1) is 11.2 Å². The van der Waals surface area contributed by atoms with Crippen molar-refractivity contribution < 1.29 is 0 Å². The molecule has 2 heterocycles. The molecule has 1 N–H and O–H groups in total. The lowest BCUT2D eigenvalue weighted by atomic mass is 9.77. The molecule has 29 heavy (non-hydrogen) atoms. The summed E-state index contributed by atoms with van der Waals surface area (Å²) < 4.78 is 0. The highest BCUT2D eigenvalue weighted by Crippen LogP contribution is 2.57. The minimum absolute atomic E-state index is 0.154. The van der Waals surface area contributed by atoms with E-state index in [1.165, 1.54) is 33.8 Å². The second-order valence-corrected chi connectivity index (χ2v) is 8.10. The van der Waals surface area contributed by atoms with Gasteiger partial charge in [0.25, 0.3) is 0 Å². The molecule has 0 bridgehead atoms. The third-order valence-corrected chi connectivity index (χ3v) is 6.43. The smallest absolute Gasteiger partial charge is 0.0712 e. The van der Waals surface area contributed by atoms with Gasteiger partial charge in [-0.25, -0.2) is 0 Å². The number of nitrogens with one attached hydrogen (secondary N) is 1. The second kappa shape index (κ2) is 5.99. The van der Waals surface area contributed by atoms with E-state index in [9.17, 15) is 0 Å². The van der Waals surface area contributed by atoms with Crippen molar-refractivity contribution in [2.24, 2.45) is 5.92 Å². The van der Waals surface area contributed by atoms with Crippen molar-refractivity contribution in [3.63, 3.8) is 0 Å². The number of fused-ring (bicyclic) bond motifs is 6. The van der Waals surface area contributed by atoms with E-state index in [4.69, 9.17) is 0 Å². The topological polar surface area (TPSA) is 15.3 Å². The number of rotatable bonds is 1. The number of hydrogen-bond acceptors (Lipinski definition) is 2. The summed E-state index contributed by atoms with van der Waals surface area (Å²) in [5, 5.41) is 3.70. The molecule has 2 heteroatoms. The van der Waals surface area contributed by atoms with Crippen LogP contribution in [0.5, 0.6) is 0 Å². The summed E-state index contributed by atoms with van der Waals surface area (Å²) in [7, 11) is 0. The van der Waals surface area contributed by atoms with Crippen molar-refractivity contribution in [2.75, 3.05) is 10.2 Å². The first kappa shape index (κ1) is 16.4. The zero-order valence-corrected chi connectivity index (χ0v) is 16.3. The van der Waals surface area contributed by atoms with E-state index in [1.54, 1.807) is 0 Å². The Morgan fingerprint density at radius 3 is 2.21 bits per heavy atom. The van der Waals surface area contributed by atoms with Crippen molar-refractivity contribution >= 4 is 28.3 Å². The normalized spacial score (nSPS) is 23.6. The van der Waals surface area contributed by atoms with Crippen molar-refractivity contribution in [2.45, 2.75) is 12.5 Å². The van der Waals surface area contributed by atoms with Crippen LogP contribution in [0, 0.1) is 5.92 Å². The van der Waals surface area contributed by atoms with Gasteiger partial charge in [-0.05, 0) is 36.8 Å². The van der Waals surface area contributed by atoms with Gasteiger partial charge in [-0.2, -0.15) is 0 Å². The largest absolute Gasteiger partial charge is 0.354 e. The average molecular weight is 374 g/mol. The van der Waals surface area contributed by atoms with Crippen LogP contribution in [-0.4, -0.2) is 5.54 Å². The molecule has 3 aromatic carbocycles. The molecule has 2 unspecified atom stereocenters. The Morgan fingerprint density at radius 1 is 0.759 bits per heavy atom. The molecular formula is C27H22N2. The molecule has 0 amide bonds. The molecule has 6 rings (SSSR count). The summed E-state index contributed by atoms with van der Waals surface area (Å²) in [6, 6.07) is 28.2. The number of para-hydroxylation sites is 3. The van der Waals surface area contributed by atoms with Crippen molar-refractivity contribution in [3.05, 3.63) is 114 Å². The fourth-order valence-electron chi connectivity index (χ4n) is 5.15. The zero-order valence-electron chi connectivity index (χ0n) is 16.3. The molecular weight excluding hydrogens is 352 g/mol. The molecule has 0 fully saturated rings. The first-order chi connectivity index (χ1) is 14.3. The predicted octanol–water partition coefficient (Wildman–Crippen LogP) is 6.63. The number of hydrogen-bond donors (Lipinski definition) is 1. The molecule has 0 aromatic heterocycles. The molecule has 3 aromatic rings.